The summed E-state index contributed by atoms with van der Waals surface area (Å²) < 4.78 is 30.1. The fraction of sp³-hybridized carbons (Fsp3) is 0.294. The van der Waals surface area contributed by atoms with Gasteiger partial charge in [-0.15, -0.1) is 5.10 Å². The number of aromatic nitrogens is 4. The van der Waals surface area contributed by atoms with Gasteiger partial charge in [0.05, 0.1) is 45.8 Å². The molecule has 1 atom stereocenters. The molecular formula is C34H31Cl3F2N8. The van der Waals surface area contributed by atoms with Crippen LogP contribution >= 0.6 is 34.8 Å². The van der Waals surface area contributed by atoms with Gasteiger partial charge >= 0.3 is 0 Å². The zero-order chi connectivity index (χ0) is 33.5. The minimum Gasteiger partial charge on any atom is -0.371 e. The highest BCUT2D eigenvalue weighted by molar-refractivity contribution is 6.32. The van der Waals surface area contributed by atoms with E-state index in [-0.39, 0.29) is 22.8 Å². The third-order valence-electron chi connectivity index (χ3n) is 8.42. The molecule has 3 heterocycles. The fourth-order valence-corrected chi connectivity index (χ4v) is 6.46. The van der Waals surface area contributed by atoms with E-state index in [0.717, 1.165) is 37.6 Å². The molecule has 8 nitrogen and oxygen atoms in total. The van der Waals surface area contributed by atoms with Crippen molar-refractivity contribution in [2.45, 2.75) is 51.2 Å². The molecule has 1 saturated heterocycles. The van der Waals surface area contributed by atoms with Gasteiger partial charge in [0.25, 0.3) is 0 Å². The number of anilines is 3. The maximum atomic E-state index is 14.2. The number of benzene rings is 3. The second-order valence-corrected chi connectivity index (χ2v) is 13.8. The van der Waals surface area contributed by atoms with Crippen molar-refractivity contribution in [2.24, 2.45) is 0 Å². The Balaban J connectivity index is 1.38. The lowest BCUT2D eigenvalue weighted by atomic mass is 9.98. The maximum Gasteiger partial charge on any atom is 0.177 e. The average Bonchev–Trinajstić information content (AvgIpc) is 3.53. The van der Waals surface area contributed by atoms with Crippen molar-refractivity contribution in [2.75, 3.05) is 23.7 Å². The van der Waals surface area contributed by atoms with E-state index < -0.39 is 22.7 Å². The molecule has 2 N–H and O–H groups in total. The van der Waals surface area contributed by atoms with Crippen LogP contribution in [0.5, 0.6) is 0 Å². The van der Waals surface area contributed by atoms with E-state index in [2.05, 4.69) is 57.7 Å². The van der Waals surface area contributed by atoms with Crippen LogP contribution in [0.25, 0.3) is 10.9 Å². The maximum absolute atomic E-state index is 14.2. The van der Waals surface area contributed by atoms with Crippen molar-refractivity contribution in [1.29, 1.82) is 5.26 Å². The number of halogens is 5. The summed E-state index contributed by atoms with van der Waals surface area (Å²) in [7, 11) is 0. The Morgan fingerprint density at radius 2 is 1.72 bits per heavy atom. The predicted molar refractivity (Wildman–Crippen MR) is 183 cm³/mol. The SMILES string of the molecule is CC(C)(C)N1CCC(n2cc([C@@H](Nc3cc(Cl)cc4c(Nc5cc(F)c(F)c(Cl)c5)c(C#N)cnc34)c3ccc(Cl)cc3)nn2)CC1. The summed E-state index contributed by atoms with van der Waals surface area (Å²) in [6.07, 6.45) is 5.30. The number of hydrogen-bond acceptors (Lipinski definition) is 7. The molecule has 1 aliphatic heterocycles. The van der Waals surface area contributed by atoms with Gasteiger partial charge in [-0.25, -0.2) is 13.5 Å². The Morgan fingerprint density at radius 3 is 2.38 bits per heavy atom. The van der Waals surface area contributed by atoms with Crippen LogP contribution in [0.15, 0.2) is 60.9 Å². The van der Waals surface area contributed by atoms with Crippen molar-refractivity contribution in [3.05, 3.63) is 104 Å². The van der Waals surface area contributed by atoms with E-state index in [0.29, 0.717) is 38.0 Å². The van der Waals surface area contributed by atoms with E-state index in [4.69, 9.17) is 34.8 Å². The number of pyridine rings is 1. The van der Waals surface area contributed by atoms with Gasteiger partial charge in [0, 0.05) is 52.0 Å². The first kappa shape index (κ1) is 32.9. The van der Waals surface area contributed by atoms with Crippen molar-refractivity contribution < 1.29 is 8.78 Å². The Bertz CT molecular complexity index is 1950. The monoisotopic (exact) mass is 694 g/mol. The molecule has 47 heavy (non-hydrogen) atoms. The van der Waals surface area contributed by atoms with Crippen LogP contribution in [-0.2, 0) is 0 Å². The first-order valence-electron chi connectivity index (χ1n) is 15.0. The van der Waals surface area contributed by atoms with Gasteiger partial charge in [0.1, 0.15) is 11.8 Å². The van der Waals surface area contributed by atoms with Crippen molar-refractivity contribution in [3.63, 3.8) is 0 Å². The molecule has 0 spiro atoms. The summed E-state index contributed by atoms with van der Waals surface area (Å²) in [5.41, 5.74) is 3.32. The number of hydrogen-bond donors (Lipinski definition) is 2. The van der Waals surface area contributed by atoms with E-state index in [1.54, 1.807) is 24.3 Å². The second kappa shape index (κ2) is 13.2. The Kier molecular flexibility index (Phi) is 9.27. The zero-order valence-corrected chi connectivity index (χ0v) is 28.1. The molecule has 0 bridgehead atoms. The summed E-state index contributed by atoms with van der Waals surface area (Å²) in [6, 6.07) is 14.9. The standard InChI is InChI=1S/C34H31Cl3F2N8/c1-34(2,3)46-10-8-24(9-11-46)47-18-29(44-45-47)32(19-4-6-21(35)7-5-19)43-28-13-22(36)12-25-31(20(16-40)17-41-33(25)28)42-23-14-26(37)30(39)27(38)15-23/h4-7,12-15,17-18,24,32,43H,8-11H2,1-3H3,(H,41,42)/t32-/m0/s1. The third kappa shape index (κ3) is 6.99. The first-order valence-corrected chi connectivity index (χ1v) is 16.2. The van der Waals surface area contributed by atoms with Crippen molar-refractivity contribution in [3.8, 4) is 6.07 Å². The summed E-state index contributed by atoms with van der Waals surface area (Å²) in [5, 5.41) is 26.6. The highest BCUT2D eigenvalue weighted by Gasteiger charge is 2.29. The highest BCUT2D eigenvalue weighted by atomic mass is 35.5. The Hall–Kier alpha value is -4.01. The molecule has 1 fully saturated rings. The number of rotatable bonds is 7. The molecule has 242 valence electrons. The molecule has 13 heteroatoms. The number of nitriles is 1. The van der Waals surface area contributed by atoms with E-state index in [1.165, 1.54) is 12.3 Å². The molecule has 1 aliphatic rings. The van der Waals surface area contributed by atoms with E-state index in [1.807, 2.05) is 23.0 Å². The van der Waals surface area contributed by atoms with Gasteiger partial charge in [-0.3, -0.25) is 9.88 Å². The third-order valence-corrected chi connectivity index (χ3v) is 9.17. The van der Waals surface area contributed by atoms with Crippen LogP contribution in [0.4, 0.5) is 25.8 Å². The molecule has 3 aromatic carbocycles. The number of likely N-dealkylation sites (tertiary alicyclic amines) is 1. The number of piperidine rings is 1. The molecule has 0 aliphatic carbocycles. The molecule has 0 amide bonds. The predicted octanol–water partition coefficient (Wildman–Crippen LogP) is 9.32. The van der Waals surface area contributed by atoms with Crippen molar-refractivity contribution in [1.82, 2.24) is 24.9 Å². The number of fused-ring (bicyclic) bond motifs is 1. The Morgan fingerprint density at radius 1 is 1.00 bits per heavy atom. The molecule has 0 unspecified atom stereocenters. The molecule has 6 rings (SSSR count). The summed E-state index contributed by atoms with van der Waals surface area (Å²) in [5.74, 6) is -2.29. The lowest BCUT2D eigenvalue weighted by Gasteiger charge is -2.40. The van der Waals surface area contributed by atoms with Gasteiger partial charge in [-0.1, -0.05) is 52.1 Å². The van der Waals surface area contributed by atoms with Gasteiger partial charge in [0.2, 0.25) is 0 Å². The highest BCUT2D eigenvalue weighted by Crippen LogP contribution is 2.38. The van der Waals surface area contributed by atoms with Gasteiger partial charge in [-0.05, 0) is 69.5 Å². The minimum atomic E-state index is -1.16. The van der Waals surface area contributed by atoms with Crippen LogP contribution in [0, 0.1) is 23.0 Å². The van der Waals surface area contributed by atoms with Gasteiger partial charge < -0.3 is 10.6 Å². The smallest absolute Gasteiger partial charge is 0.177 e. The topological polar surface area (TPSA) is 94.7 Å². The average molecular weight is 696 g/mol. The zero-order valence-electron chi connectivity index (χ0n) is 25.8. The molecule has 0 radical (unpaired) electrons. The molecule has 5 aromatic rings. The largest absolute Gasteiger partial charge is 0.371 e. The molecular weight excluding hydrogens is 665 g/mol. The van der Waals surface area contributed by atoms with Crippen LogP contribution in [0.1, 0.15) is 62.5 Å². The van der Waals surface area contributed by atoms with Crippen LogP contribution in [0.2, 0.25) is 15.1 Å². The van der Waals surface area contributed by atoms with Crippen LogP contribution < -0.4 is 10.6 Å². The second-order valence-electron chi connectivity index (χ2n) is 12.5. The first-order chi connectivity index (χ1) is 22.4. The quantitative estimate of drug-likeness (QED) is 0.164. The van der Waals surface area contributed by atoms with Crippen LogP contribution in [-0.4, -0.2) is 43.5 Å². The van der Waals surface area contributed by atoms with Gasteiger partial charge in [-0.2, -0.15) is 5.26 Å². The summed E-state index contributed by atoms with van der Waals surface area (Å²) in [4.78, 5) is 7.08. The lowest BCUT2D eigenvalue weighted by molar-refractivity contribution is 0.0866. The normalized spacial score (nSPS) is 15.0. The molecule has 2 aromatic heterocycles. The lowest BCUT2D eigenvalue weighted by Crippen LogP contribution is -2.46. The van der Waals surface area contributed by atoms with Crippen molar-refractivity contribution >= 4 is 62.8 Å². The van der Waals surface area contributed by atoms with Crippen LogP contribution in [0.3, 0.4) is 0 Å². The van der Waals surface area contributed by atoms with Gasteiger partial charge in [0.15, 0.2) is 11.6 Å². The number of nitrogens with zero attached hydrogens (tertiary/aromatic N) is 6. The molecule has 0 saturated carbocycles. The minimum absolute atomic E-state index is 0.113. The fourth-order valence-electron chi connectivity index (χ4n) is 5.91. The summed E-state index contributed by atoms with van der Waals surface area (Å²) >= 11 is 18.8. The summed E-state index contributed by atoms with van der Waals surface area (Å²) in [6.45, 7) is 8.64. The number of nitrogens with one attached hydrogen (secondary N) is 2. The van der Waals surface area contributed by atoms with E-state index >= 15 is 0 Å². The van der Waals surface area contributed by atoms with E-state index in [9.17, 15) is 14.0 Å². The Labute approximate surface area is 286 Å².